The van der Waals surface area contributed by atoms with Crippen LogP contribution in [-0.4, -0.2) is 43.2 Å². The molecule has 6 nitrogen and oxygen atoms in total. The summed E-state index contributed by atoms with van der Waals surface area (Å²) in [6, 6.07) is 5.25. The molecule has 0 aliphatic carbocycles. The zero-order chi connectivity index (χ0) is 13.8. The third-order valence-corrected chi connectivity index (χ3v) is 3.09. The summed E-state index contributed by atoms with van der Waals surface area (Å²) in [6.07, 6.45) is 0. The molecule has 1 aromatic rings. The lowest BCUT2D eigenvalue weighted by Crippen LogP contribution is -2.45. The van der Waals surface area contributed by atoms with Crippen molar-refractivity contribution >= 4 is 33.4 Å². The second-order valence-electron chi connectivity index (χ2n) is 3.95. The zero-order valence-corrected chi connectivity index (χ0v) is 11.6. The maximum atomic E-state index is 11.8. The quantitative estimate of drug-likeness (QED) is 0.832. The van der Waals surface area contributed by atoms with E-state index in [1.54, 1.807) is 18.2 Å². The largest absolute Gasteiger partial charge is 0.482 e. The highest BCUT2D eigenvalue weighted by Crippen LogP contribution is 2.34. The van der Waals surface area contributed by atoms with Crippen molar-refractivity contribution in [2.75, 3.05) is 31.2 Å². The van der Waals surface area contributed by atoms with Gasteiger partial charge in [-0.15, -0.1) is 0 Å². The fraction of sp³-hybridized carbons (Fsp3) is 0.333. The van der Waals surface area contributed by atoms with E-state index in [4.69, 9.17) is 9.84 Å². The van der Waals surface area contributed by atoms with Gasteiger partial charge in [0.2, 0.25) is 5.91 Å². The predicted octanol–water partition coefficient (Wildman–Crippen LogP) is 0.283. The summed E-state index contributed by atoms with van der Waals surface area (Å²) < 4.78 is 6.15. The Balaban J connectivity index is 2.16. The second kappa shape index (κ2) is 6.03. The van der Waals surface area contributed by atoms with Crippen LogP contribution in [-0.2, 0) is 9.59 Å². The average molecular weight is 329 g/mol. The Labute approximate surface area is 118 Å². The highest BCUT2D eigenvalue weighted by molar-refractivity contribution is 9.10. The van der Waals surface area contributed by atoms with E-state index in [2.05, 4.69) is 21.2 Å². The van der Waals surface area contributed by atoms with Crippen molar-refractivity contribution in [1.29, 1.82) is 0 Å². The smallest absolute Gasteiger partial charge is 0.265 e. The number of rotatable bonds is 4. The number of hydrogen-bond acceptors (Lipinski definition) is 4. The van der Waals surface area contributed by atoms with Gasteiger partial charge in [-0.25, -0.2) is 0 Å². The first-order valence-electron chi connectivity index (χ1n) is 5.72. The van der Waals surface area contributed by atoms with Crippen LogP contribution in [0.15, 0.2) is 22.7 Å². The van der Waals surface area contributed by atoms with Crippen LogP contribution >= 0.6 is 15.9 Å². The van der Waals surface area contributed by atoms with Crippen LogP contribution in [0.25, 0.3) is 0 Å². The molecule has 2 rings (SSSR count). The molecule has 0 saturated heterocycles. The topological polar surface area (TPSA) is 78.9 Å². The number of benzene rings is 1. The normalized spacial score (nSPS) is 13.8. The minimum absolute atomic E-state index is 0.0865. The molecule has 0 bridgehead atoms. The minimum Gasteiger partial charge on any atom is -0.482 e. The summed E-state index contributed by atoms with van der Waals surface area (Å²) in [4.78, 5) is 24.8. The van der Waals surface area contributed by atoms with E-state index in [9.17, 15) is 9.59 Å². The first-order valence-corrected chi connectivity index (χ1v) is 6.51. The number of anilines is 1. The fourth-order valence-electron chi connectivity index (χ4n) is 1.75. The first kappa shape index (κ1) is 13.8. The van der Waals surface area contributed by atoms with Crippen LogP contribution in [0, 0.1) is 0 Å². The molecule has 1 aliphatic heterocycles. The number of nitrogens with zero attached hydrogens (tertiary/aromatic N) is 1. The van der Waals surface area contributed by atoms with Crippen LogP contribution in [0.1, 0.15) is 0 Å². The van der Waals surface area contributed by atoms with Gasteiger partial charge in [-0.1, -0.05) is 15.9 Å². The molecule has 0 aromatic heterocycles. The first-order chi connectivity index (χ1) is 9.11. The molecule has 102 valence electrons. The third-order valence-electron chi connectivity index (χ3n) is 2.60. The third kappa shape index (κ3) is 3.24. The Morgan fingerprint density at radius 2 is 2.32 bits per heavy atom. The molecule has 0 atom stereocenters. The van der Waals surface area contributed by atoms with Crippen LogP contribution in [0.4, 0.5) is 5.69 Å². The van der Waals surface area contributed by atoms with Gasteiger partial charge >= 0.3 is 0 Å². The lowest BCUT2D eigenvalue weighted by atomic mass is 10.2. The van der Waals surface area contributed by atoms with Crippen LogP contribution in [0.2, 0.25) is 0 Å². The lowest BCUT2D eigenvalue weighted by molar-refractivity contribution is -0.125. The molecule has 2 amide bonds. The summed E-state index contributed by atoms with van der Waals surface area (Å²) in [5.41, 5.74) is 0.568. The number of ether oxygens (including phenoxy) is 1. The van der Waals surface area contributed by atoms with E-state index in [1.165, 1.54) is 4.90 Å². The van der Waals surface area contributed by atoms with Crippen molar-refractivity contribution in [1.82, 2.24) is 5.32 Å². The maximum absolute atomic E-state index is 11.8. The number of carbonyl (C=O) groups is 2. The lowest BCUT2D eigenvalue weighted by Gasteiger charge is -2.28. The number of halogens is 1. The fourth-order valence-corrected chi connectivity index (χ4v) is 2.09. The summed E-state index contributed by atoms with van der Waals surface area (Å²) in [5.74, 6) is -0.0314. The Hall–Kier alpha value is -1.60. The van der Waals surface area contributed by atoms with Crippen molar-refractivity contribution < 1.29 is 19.4 Å². The summed E-state index contributed by atoms with van der Waals surface area (Å²) in [5, 5.41) is 11.2. The molecular formula is C12H13BrN2O4. The SMILES string of the molecule is O=C(CN1C(=O)COc2cc(Br)ccc21)NCCO. The van der Waals surface area contributed by atoms with Crippen LogP contribution < -0.4 is 15.0 Å². The molecule has 0 saturated carbocycles. The second-order valence-corrected chi connectivity index (χ2v) is 4.87. The molecule has 0 unspecified atom stereocenters. The molecular weight excluding hydrogens is 316 g/mol. The van der Waals surface area contributed by atoms with Crippen molar-refractivity contribution in [3.8, 4) is 5.75 Å². The summed E-state index contributed by atoms with van der Waals surface area (Å²) in [6.45, 7) is -0.134. The van der Waals surface area contributed by atoms with Crippen LogP contribution in [0.5, 0.6) is 5.75 Å². The maximum Gasteiger partial charge on any atom is 0.265 e. The highest BCUT2D eigenvalue weighted by atomic mass is 79.9. The number of amides is 2. The Morgan fingerprint density at radius 1 is 1.53 bits per heavy atom. The zero-order valence-electron chi connectivity index (χ0n) is 10.1. The molecule has 0 radical (unpaired) electrons. The average Bonchev–Trinajstić information content (AvgIpc) is 2.39. The molecule has 0 fully saturated rings. The van der Waals surface area contributed by atoms with Crippen molar-refractivity contribution in [2.24, 2.45) is 0 Å². The van der Waals surface area contributed by atoms with Crippen molar-refractivity contribution in [2.45, 2.75) is 0 Å². The molecule has 1 aliphatic rings. The van der Waals surface area contributed by atoms with Gasteiger partial charge in [0.25, 0.3) is 5.91 Å². The van der Waals surface area contributed by atoms with Crippen molar-refractivity contribution in [3.05, 3.63) is 22.7 Å². The molecule has 1 heterocycles. The number of hydrogen-bond donors (Lipinski definition) is 2. The van der Waals surface area contributed by atoms with Crippen LogP contribution in [0.3, 0.4) is 0 Å². The number of aliphatic hydroxyl groups excluding tert-OH is 1. The van der Waals surface area contributed by atoms with Gasteiger partial charge in [-0.05, 0) is 18.2 Å². The van der Waals surface area contributed by atoms with Crippen molar-refractivity contribution in [3.63, 3.8) is 0 Å². The van der Waals surface area contributed by atoms with Gasteiger partial charge in [0.05, 0.1) is 12.3 Å². The highest BCUT2D eigenvalue weighted by Gasteiger charge is 2.27. The molecule has 2 N–H and O–H groups in total. The molecule has 1 aromatic carbocycles. The number of aliphatic hydroxyl groups is 1. The summed E-state index contributed by atoms with van der Waals surface area (Å²) >= 11 is 3.32. The molecule has 0 spiro atoms. The Morgan fingerprint density at radius 3 is 3.05 bits per heavy atom. The van der Waals surface area contributed by atoms with E-state index in [1.807, 2.05) is 0 Å². The van der Waals surface area contributed by atoms with Gasteiger partial charge in [0, 0.05) is 11.0 Å². The summed E-state index contributed by atoms with van der Waals surface area (Å²) in [7, 11) is 0. The van der Waals surface area contributed by atoms with E-state index < -0.39 is 0 Å². The minimum atomic E-state index is -0.321. The van der Waals surface area contributed by atoms with Gasteiger partial charge in [0.15, 0.2) is 6.61 Å². The molecule has 19 heavy (non-hydrogen) atoms. The van der Waals surface area contributed by atoms with E-state index in [0.29, 0.717) is 11.4 Å². The molecule has 7 heteroatoms. The number of carbonyl (C=O) groups excluding carboxylic acids is 2. The Kier molecular flexibility index (Phi) is 4.39. The Bertz CT molecular complexity index is 507. The van der Waals surface area contributed by atoms with Gasteiger partial charge < -0.3 is 15.2 Å². The standard InChI is InChI=1S/C12H13BrN2O4/c13-8-1-2-9-10(5-8)19-7-12(18)15(9)6-11(17)14-3-4-16/h1-2,5,16H,3-4,6-7H2,(H,14,17). The predicted molar refractivity (Wildman–Crippen MR) is 72.1 cm³/mol. The van der Waals surface area contributed by atoms with Gasteiger partial charge in [-0.3, -0.25) is 14.5 Å². The van der Waals surface area contributed by atoms with Gasteiger partial charge in [-0.2, -0.15) is 0 Å². The number of fused-ring (bicyclic) bond motifs is 1. The monoisotopic (exact) mass is 328 g/mol. The van der Waals surface area contributed by atoms with E-state index in [0.717, 1.165) is 4.47 Å². The van der Waals surface area contributed by atoms with E-state index >= 15 is 0 Å². The van der Waals surface area contributed by atoms with Gasteiger partial charge in [0.1, 0.15) is 12.3 Å². The number of nitrogens with one attached hydrogen (secondary N) is 1. The van der Waals surface area contributed by atoms with E-state index in [-0.39, 0.29) is 38.1 Å².